The number of rotatable bonds is 3. The van der Waals surface area contributed by atoms with Crippen molar-refractivity contribution in [3.8, 4) is 0 Å². The van der Waals surface area contributed by atoms with Crippen molar-refractivity contribution < 1.29 is 49.4 Å². The van der Waals surface area contributed by atoms with Gasteiger partial charge in [-0.15, -0.1) is 0 Å². The minimum absolute atomic E-state index is 0. The standard InChI is InChI=1S/C14H21OSi.BrH.Hg/c1-4-12-10-14(11-15-12)16(2,3)13-8-6-5-7-9-13;;/h4-9,12,14H,10-11H2,1-3H3;1H;/q;;+1/p-1/t12-,14+;;/m1../s1. The zero-order valence-corrected chi connectivity index (χ0v) is 19.6. The van der Waals surface area contributed by atoms with Gasteiger partial charge in [-0.2, -0.15) is 0 Å². The van der Waals surface area contributed by atoms with Crippen molar-refractivity contribution in [2.75, 3.05) is 6.61 Å². The Labute approximate surface area is 143 Å². The maximum atomic E-state index is 5.80. The van der Waals surface area contributed by atoms with Crippen molar-refractivity contribution in [1.29, 1.82) is 0 Å². The first-order valence-electron chi connectivity index (χ1n) is 6.11. The Hall–Kier alpha value is 0.812. The Balaban J connectivity index is 0.00000144. The third-order valence-corrected chi connectivity index (χ3v) is 8.20. The van der Waals surface area contributed by atoms with Gasteiger partial charge in [0.05, 0.1) is 14.2 Å². The summed E-state index contributed by atoms with van der Waals surface area (Å²) in [5.74, 6) is 0. The summed E-state index contributed by atoms with van der Waals surface area (Å²) in [6, 6.07) is 11.0. The van der Waals surface area contributed by atoms with Crippen LogP contribution < -0.4 is 22.2 Å². The van der Waals surface area contributed by atoms with E-state index >= 15 is 0 Å². The van der Waals surface area contributed by atoms with Gasteiger partial charge in [0.2, 0.25) is 0 Å². The molecule has 1 aliphatic rings. The van der Waals surface area contributed by atoms with Gasteiger partial charge in [0.25, 0.3) is 0 Å². The molecule has 1 nitrogen and oxygen atoms in total. The van der Waals surface area contributed by atoms with E-state index in [1.807, 2.05) is 0 Å². The van der Waals surface area contributed by atoms with Gasteiger partial charge in [0.1, 0.15) is 0 Å². The predicted molar refractivity (Wildman–Crippen MR) is 71.6 cm³/mol. The summed E-state index contributed by atoms with van der Waals surface area (Å²) >= 11 is 0. The van der Waals surface area contributed by atoms with Crippen LogP contribution >= 0.6 is 0 Å². The fourth-order valence-electron chi connectivity index (χ4n) is 2.49. The second kappa shape index (κ2) is 8.18. The van der Waals surface area contributed by atoms with Crippen LogP contribution in [0.1, 0.15) is 13.3 Å². The molecule has 1 aliphatic heterocycles. The number of hydrogen-bond acceptors (Lipinski definition) is 1. The third-order valence-electron chi connectivity index (χ3n) is 3.94. The molecule has 0 aliphatic carbocycles. The molecule has 0 N–H and O–H groups in total. The predicted octanol–water partition coefficient (Wildman–Crippen LogP) is -0.0132. The Kier molecular flexibility index (Phi) is 8.55. The monoisotopic (exact) mass is 514 g/mol. The first-order valence-corrected chi connectivity index (χ1v) is 9.19. The van der Waals surface area contributed by atoms with Crippen LogP contribution in [0.25, 0.3) is 0 Å². The van der Waals surface area contributed by atoms with Crippen LogP contribution in [-0.2, 0) is 32.4 Å². The van der Waals surface area contributed by atoms with Gasteiger partial charge in [-0.3, -0.25) is 0 Å². The fraction of sp³-hybridized carbons (Fsp3) is 0.500. The molecule has 2 atom stereocenters. The molecule has 1 aromatic carbocycles. The average Bonchev–Trinajstić information content (AvgIpc) is 2.79. The topological polar surface area (TPSA) is 9.23 Å². The van der Waals surface area contributed by atoms with E-state index in [1.165, 1.54) is 6.42 Å². The zero-order valence-electron chi connectivity index (χ0n) is 11.5. The summed E-state index contributed by atoms with van der Waals surface area (Å²) < 4.78 is 5.80. The summed E-state index contributed by atoms with van der Waals surface area (Å²) in [6.45, 7) is 7.98. The van der Waals surface area contributed by atoms with Crippen LogP contribution in [0, 0.1) is 6.42 Å². The second-order valence-electron chi connectivity index (χ2n) is 5.23. The quantitative estimate of drug-likeness (QED) is 0.517. The van der Waals surface area contributed by atoms with E-state index in [9.17, 15) is 0 Å². The minimum Gasteiger partial charge on any atom is -1.00 e. The first-order chi connectivity index (χ1) is 7.64. The first kappa shape index (κ1) is 18.8. The van der Waals surface area contributed by atoms with E-state index in [4.69, 9.17) is 4.74 Å². The molecule has 4 heteroatoms. The van der Waals surface area contributed by atoms with Crippen LogP contribution in [0.15, 0.2) is 30.3 Å². The van der Waals surface area contributed by atoms with E-state index in [0.29, 0.717) is 6.10 Å². The Morgan fingerprint density at radius 2 is 1.83 bits per heavy atom. The average molecular weight is 514 g/mol. The molecular weight excluding hydrogens is 493 g/mol. The Morgan fingerprint density at radius 3 is 2.33 bits per heavy atom. The SMILES string of the molecule is C[CH][C@@H]1C[C@H]([Si](C)(C)c2ccccc2)CO1.[Br-].[Hg+]. The summed E-state index contributed by atoms with van der Waals surface area (Å²) in [7, 11) is -1.35. The largest absolute Gasteiger partial charge is 1.00 e. The van der Waals surface area contributed by atoms with Crippen LogP contribution in [-0.4, -0.2) is 20.8 Å². The number of ether oxygens (including phenoxy) is 1. The van der Waals surface area contributed by atoms with Gasteiger partial charge in [-0.1, -0.05) is 55.5 Å². The van der Waals surface area contributed by atoms with Crippen molar-refractivity contribution in [3.63, 3.8) is 0 Å². The third kappa shape index (κ3) is 4.15. The number of hydrogen-bond donors (Lipinski definition) is 0. The van der Waals surface area contributed by atoms with Crippen LogP contribution in [0.2, 0.25) is 18.6 Å². The van der Waals surface area contributed by atoms with E-state index in [-0.39, 0.29) is 44.7 Å². The van der Waals surface area contributed by atoms with Crippen LogP contribution in [0.4, 0.5) is 0 Å². The smallest absolute Gasteiger partial charge is 1.00 e. The number of benzene rings is 1. The van der Waals surface area contributed by atoms with Crippen molar-refractivity contribution in [2.45, 2.75) is 38.1 Å². The van der Waals surface area contributed by atoms with E-state index in [1.54, 1.807) is 5.19 Å². The summed E-state index contributed by atoms with van der Waals surface area (Å²) in [5.41, 5.74) is 0.760. The molecule has 96 valence electrons. The second-order valence-corrected chi connectivity index (χ2v) is 10.1. The van der Waals surface area contributed by atoms with E-state index in [0.717, 1.165) is 12.1 Å². The van der Waals surface area contributed by atoms with E-state index in [2.05, 4.69) is 56.8 Å². The summed E-state index contributed by atoms with van der Waals surface area (Å²) in [5, 5.41) is 1.56. The zero-order chi connectivity index (χ0) is 11.6. The molecule has 2 radical (unpaired) electrons. The summed E-state index contributed by atoms with van der Waals surface area (Å²) in [6.07, 6.45) is 3.79. The van der Waals surface area contributed by atoms with Crippen molar-refractivity contribution in [1.82, 2.24) is 0 Å². The summed E-state index contributed by atoms with van der Waals surface area (Å²) in [4.78, 5) is 0. The molecule has 0 amide bonds. The molecule has 0 bridgehead atoms. The fourth-order valence-corrected chi connectivity index (χ4v) is 5.35. The minimum atomic E-state index is -1.35. The molecule has 18 heavy (non-hydrogen) atoms. The van der Waals surface area contributed by atoms with Gasteiger partial charge < -0.3 is 21.7 Å². The molecule has 0 unspecified atom stereocenters. The van der Waals surface area contributed by atoms with Gasteiger partial charge >= 0.3 is 27.7 Å². The Morgan fingerprint density at radius 1 is 1.22 bits per heavy atom. The maximum absolute atomic E-state index is 5.80. The van der Waals surface area contributed by atoms with Crippen molar-refractivity contribution >= 4 is 13.3 Å². The normalized spacial score (nSPS) is 23.1. The molecule has 0 aromatic heterocycles. The molecule has 0 spiro atoms. The molecule has 1 saturated heterocycles. The number of halogens is 1. The molecule has 0 saturated carbocycles. The van der Waals surface area contributed by atoms with Gasteiger partial charge in [0, 0.05) is 6.61 Å². The molecular formula is C14H21BrHgOSi. The molecule has 1 fully saturated rings. The molecule has 1 aromatic rings. The van der Waals surface area contributed by atoms with Gasteiger partial charge in [-0.05, 0) is 18.4 Å². The van der Waals surface area contributed by atoms with Gasteiger partial charge in [0.15, 0.2) is 0 Å². The Bertz CT molecular complexity index is 345. The van der Waals surface area contributed by atoms with Crippen LogP contribution in [0.3, 0.4) is 0 Å². The molecule has 2 rings (SSSR count). The van der Waals surface area contributed by atoms with Crippen molar-refractivity contribution in [3.05, 3.63) is 36.8 Å². The van der Waals surface area contributed by atoms with Crippen molar-refractivity contribution in [2.24, 2.45) is 0 Å². The van der Waals surface area contributed by atoms with Crippen LogP contribution in [0.5, 0.6) is 0 Å². The molecule has 1 heterocycles. The van der Waals surface area contributed by atoms with Gasteiger partial charge in [-0.25, -0.2) is 0 Å². The maximum Gasteiger partial charge on any atom is 1.00 e. The van der Waals surface area contributed by atoms with E-state index < -0.39 is 8.07 Å².